The van der Waals surface area contributed by atoms with Gasteiger partial charge in [-0.3, -0.25) is 0 Å². The van der Waals surface area contributed by atoms with E-state index in [9.17, 15) is 0 Å². The lowest BCUT2D eigenvalue weighted by Crippen LogP contribution is -1.96. The van der Waals surface area contributed by atoms with Gasteiger partial charge in [0.05, 0.1) is 6.61 Å². The summed E-state index contributed by atoms with van der Waals surface area (Å²) in [5, 5.41) is 8.27. The van der Waals surface area contributed by atoms with Gasteiger partial charge in [0.2, 0.25) is 0 Å². The summed E-state index contributed by atoms with van der Waals surface area (Å²) in [5.41, 5.74) is 1.46. The molecule has 0 unspecified atom stereocenters. The van der Waals surface area contributed by atoms with E-state index < -0.39 is 0 Å². The summed E-state index contributed by atoms with van der Waals surface area (Å²) in [6.07, 6.45) is 7.48. The molecule has 0 aromatic heterocycles. The highest BCUT2D eigenvalue weighted by molar-refractivity contribution is 6.23. The highest BCUT2D eigenvalue weighted by Gasteiger charge is 2.10. The van der Waals surface area contributed by atoms with Crippen LogP contribution >= 0.6 is 0 Å². The van der Waals surface area contributed by atoms with Crippen LogP contribution in [0.5, 0.6) is 0 Å². The van der Waals surface area contributed by atoms with Crippen molar-refractivity contribution in [1.29, 1.82) is 0 Å². The van der Waals surface area contributed by atoms with Crippen molar-refractivity contribution in [2.75, 3.05) is 13.2 Å². The van der Waals surface area contributed by atoms with Crippen LogP contribution in [-0.2, 0) is 11.2 Å². The molecule has 25 heavy (non-hydrogen) atoms. The first-order valence-electron chi connectivity index (χ1n) is 9.23. The van der Waals surface area contributed by atoms with Gasteiger partial charge in [-0.25, -0.2) is 0 Å². The maximum absolute atomic E-state index is 5.61. The predicted molar refractivity (Wildman–Crippen MR) is 109 cm³/mol. The first kappa shape index (κ1) is 16.1. The molecule has 0 atom stereocenters. The van der Waals surface area contributed by atoms with Gasteiger partial charge in [-0.05, 0) is 64.1 Å². The molecule has 0 fully saturated rings. The van der Waals surface area contributed by atoms with E-state index in [1.165, 1.54) is 44.3 Å². The highest BCUT2D eigenvalue weighted by Crippen LogP contribution is 2.36. The van der Waals surface area contributed by atoms with Crippen LogP contribution in [0.2, 0.25) is 0 Å². The van der Waals surface area contributed by atoms with Crippen molar-refractivity contribution in [2.24, 2.45) is 0 Å². The molecule has 4 rings (SSSR count). The van der Waals surface area contributed by atoms with Crippen LogP contribution in [0.1, 0.15) is 25.3 Å². The molecular weight excluding hydrogens is 304 g/mol. The zero-order valence-electron chi connectivity index (χ0n) is 14.8. The highest BCUT2D eigenvalue weighted by atomic mass is 16.5. The molecule has 0 saturated carbocycles. The van der Waals surface area contributed by atoms with Crippen LogP contribution in [0.25, 0.3) is 32.3 Å². The summed E-state index contributed by atoms with van der Waals surface area (Å²) < 4.78 is 5.61. The van der Waals surface area contributed by atoms with E-state index >= 15 is 0 Å². The van der Waals surface area contributed by atoms with Gasteiger partial charge in [0.1, 0.15) is 0 Å². The number of aryl methyl sites for hydroxylation is 1. The van der Waals surface area contributed by atoms with Gasteiger partial charge < -0.3 is 4.74 Å². The second-order valence-corrected chi connectivity index (χ2v) is 6.68. The predicted octanol–water partition coefficient (Wildman–Crippen LogP) is 6.50. The molecule has 4 aromatic rings. The van der Waals surface area contributed by atoms with E-state index in [0.717, 1.165) is 26.1 Å². The minimum atomic E-state index is 0.731. The molecule has 0 bridgehead atoms. The Bertz CT molecular complexity index is 997. The molecule has 0 heterocycles. The van der Waals surface area contributed by atoms with Gasteiger partial charge >= 0.3 is 0 Å². The van der Waals surface area contributed by atoms with Crippen LogP contribution < -0.4 is 0 Å². The van der Waals surface area contributed by atoms with Crippen molar-refractivity contribution >= 4 is 32.3 Å². The van der Waals surface area contributed by atoms with Crippen molar-refractivity contribution < 1.29 is 4.74 Å². The Labute approximate surface area is 149 Å². The van der Waals surface area contributed by atoms with Crippen LogP contribution in [-0.4, -0.2) is 13.2 Å². The molecule has 0 spiro atoms. The van der Waals surface area contributed by atoms with Gasteiger partial charge in [-0.1, -0.05) is 66.7 Å². The Balaban J connectivity index is 1.59. The zero-order valence-corrected chi connectivity index (χ0v) is 14.8. The first-order valence-corrected chi connectivity index (χ1v) is 9.23. The largest absolute Gasteiger partial charge is 0.377 e. The van der Waals surface area contributed by atoms with Crippen molar-refractivity contribution in [3.05, 3.63) is 72.3 Å². The van der Waals surface area contributed by atoms with Crippen molar-refractivity contribution in [1.82, 2.24) is 0 Å². The smallest absolute Gasteiger partial charge is 0.0647 e. The Morgan fingerprint density at radius 3 is 2.32 bits per heavy atom. The number of unbranched alkanes of at least 4 members (excludes halogenated alkanes) is 1. The fourth-order valence-corrected chi connectivity index (χ4v) is 3.78. The molecule has 0 radical (unpaired) electrons. The molecule has 0 saturated heterocycles. The zero-order chi connectivity index (χ0) is 17.1. The lowest BCUT2D eigenvalue weighted by Gasteiger charge is -2.14. The van der Waals surface area contributed by atoms with Gasteiger partial charge in [0, 0.05) is 6.61 Å². The fraction of sp³-hybridized carbons (Fsp3) is 0.250. The lowest BCUT2D eigenvalue weighted by atomic mass is 9.91. The van der Waals surface area contributed by atoms with Crippen LogP contribution in [0.15, 0.2) is 66.7 Å². The summed E-state index contributed by atoms with van der Waals surface area (Å²) in [5.74, 6) is 0. The van der Waals surface area contributed by atoms with E-state index in [0.29, 0.717) is 0 Å². The third-order valence-electron chi connectivity index (χ3n) is 5.05. The van der Waals surface area contributed by atoms with E-state index in [1.807, 2.05) is 13.0 Å². The SMILES string of the molecule is CC=CCOCCCCc1ccc2ccc3cccc4ccc1c2c34. The standard InChI is InChI=1S/C24H24O/c1-2-3-16-25-17-5-4-7-18-10-11-21-13-12-19-8-6-9-20-14-15-22(18)24(21)23(19)20/h2-3,6,8-15H,4-5,7,16-17H2,1H3. The minimum absolute atomic E-state index is 0.731. The molecule has 1 heteroatoms. The molecule has 0 aliphatic heterocycles. The van der Waals surface area contributed by atoms with Crippen molar-refractivity contribution in [2.45, 2.75) is 26.2 Å². The molecule has 0 aliphatic carbocycles. The molecular formula is C24H24O. The Kier molecular flexibility index (Phi) is 4.67. The molecule has 0 amide bonds. The minimum Gasteiger partial charge on any atom is -0.377 e. The summed E-state index contributed by atoms with van der Waals surface area (Å²) in [7, 11) is 0. The Morgan fingerprint density at radius 2 is 1.52 bits per heavy atom. The van der Waals surface area contributed by atoms with Gasteiger partial charge in [0.15, 0.2) is 0 Å². The number of hydrogen-bond acceptors (Lipinski definition) is 1. The van der Waals surface area contributed by atoms with Crippen molar-refractivity contribution in [3.8, 4) is 0 Å². The van der Waals surface area contributed by atoms with E-state index in [1.54, 1.807) is 0 Å². The number of hydrogen-bond donors (Lipinski definition) is 0. The van der Waals surface area contributed by atoms with Crippen LogP contribution in [0.4, 0.5) is 0 Å². The first-order chi connectivity index (χ1) is 12.4. The van der Waals surface area contributed by atoms with E-state index in [-0.39, 0.29) is 0 Å². The van der Waals surface area contributed by atoms with Gasteiger partial charge in [0.25, 0.3) is 0 Å². The third kappa shape index (κ3) is 3.12. The normalized spacial score (nSPS) is 12.2. The van der Waals surface area contributed by atoms with Gasteiger partial charge in [-0.2, -0.15) is 0 Å². The maximum atomic E-state index is 5.61. The molecule has 0 N–H and O–H groups in total. The number of rotatable bonds is 7. The molecule has 126 valence electrons. The second kappa shape index (κ2) is 7.25. The molecule has 4 aromatic carbocycles. The van der Waals surface area contributed by atoms with Crippen LogP contribution in [0.3, 0.4) is 0 Å². The van der Waals surface area contributed by atoms with Crippen LogP contribution in [0, 0.1) is 0 Å². The van der Waals surface area contributed by atoms with Gasteiger partial charge in [-0.15, -0.1) is 0 Å². The van der Waals surface area contributed by atoms with E-state index in [2.05, 4.69) is 60.7 Å². The van der Waals surface area contributed by atoms with Crippen molar-refractivity contribution in [3.63, 3.8) is 0 Å². The second-order valence-electron chi connectivity index (χ2n) is 6.68. The summed E-state index contributed by atoms with van der Waals surface area (Å²) in [6.45, 7) is 3.60. The lowest BCUT2D eigenvalue weighted by molar-refractivity contribution is 0.158. The number of benzene rings is 4. The Hall–Kier alpha value is -2.38. The average Bonchev–Trinajstić information content (AvgIpc) is 2.66. The quantitative estimate of drug-likeness (QED) is 0.214. The Morgan fingerprint density at radius 1 is 0.800 bits per heavy atom. The van der Waals surface area contributed by atoms with E-state index in [4.69, 9.17) is 4.74 Å². The third-order valence-corrected chi connectivity index (χ3v) is 5.05. The molecule has 1 nitrogen and oxygen atoms in total. The summed E-state index contributed by atoms with van der Waals surface area (Å²) in [4.78, 5) is 0. The average molecular weight is 328 g/mol. The summed E-state index contributed by atoms with van der Waals surface area (Å²) in [6, 6.07) is 20.3. The monoisotopic (exact) mass is 328 g/mol. The maximum Gasteiger partial charge on any atom is 0.0647 e. The number of allylic oxidation sites excluding steroid dienone is 1. The summed E-state index contributed by atoms with van der Waals surface area (Å²) >= 11 is 0. The fourth-order valence-electron chi connectivity index (χ4n) is 3.78. The topological polar surface area (TPSA) is 9.23 Å². The molecule has 0 aliphatic rings. The number of ether oxygens (including phenoxy) is 1.